The topological polar surface area (TPSA) is 82.5 Å². The summed E-state index contributed by atoms with van der Waals surface area (Å²) in [4.78, 5) is 24.4. The van der Waals surface area contributed by atoms with Crippen LogP contribution in [-0.2, 0) is 11.3 Å². The Kier molecular flexibility index (Phi) is 5.79. The van der Waals surface area contributed by atoms with Crippen molar-refractivity contribution < 1.29 is 14.3 Å². The van der Waals surface area contributed by atoms with Crippen LogP contribution in [0, 0.1) is 6.92 Å². The number of benzene rings is 2. The molecule has 2 aromatic carbocycles. The summed E-state index contributed by atoms with van der Waals surface area (Å²) in [6.07, 6.45) is 0.776. The van der Waals surface area contributed by atoms with Crippen molar-refractivity contribution >= 4 is 11.6 Å². The molecule has 0 saturated heterocycles. The van der Waals surface area contributed by atoms with Crippen LogP contribution in [0.1, 0.15) is 18.4 Å². The van der Waals surface area contributed by atoms with Gasteiger partial charge in [0, 0.05) is 36.3 Å². The fourth-order valence-electron chi connectivity index (χ4n) is 3.22. The van der Waals surface area contributed by atoms with Gasteiger partial charge in [-0.2, -0.15) is 5.10 Å². The molecule has 2 heterocycles. The van der Waals surface area contributed by atoms with E-state index in [1.807, 2.05) is 31.2 Å². The van der Waals surface area contributed by atoms with Gasteiger partial charge in [-0.15, -0.1) is 0 Å². The number of ether oxygens (including phenoxy) is 2. The maximum absolute atomic E-state index is 12.3. The zero-order chi connectivity index (χ0) is 20.9. The second kappa shape index (κ2) is 8.82. The van der Waals surface area contributed by atoms with Crippen LogP contribution in [-0.4, -0.2) is 28.9 Å². The van der Waals surface area contributed by atoms with E-state index < -0.39 is 0 Å². The lowest BCUT2D eigenvalue weighted by atomic mass is 10.1. The minimum Gasteiger partial charge on any atom is -0.486 e. The van der Waals surface area contributed by atoms with Crippen LogP contribution in [0.15, 0.2) is 59.4 Å². The minimum absolute atomic E-state index is 0.130. The van der Waals surface area contributed by atoms with E-state index in [1.165, 1.54) is 10.7 Å². The Morgan fingerprint density at radius 3 is 2.60 bits per heavy atom. The van der Waals surface area contributed by atoms with Crippen molar-refractivity contribution in [3.8, 4) is 22.8 Å². The number of amides is 1. The lowest BCUT2D eigenvalue weighted by Crippen LogP contribution is -2.23. The molecule has 4 rings (SSSR count). The first-order valence-corrected chi connectivity index (χ1v) is 9.93. The Morgan fingerprint density at radius 1 is 1.03 bits per heavy atom. The Bertz CT molecular complexity index is 1110. The highest BCUT2D eigenvalue weighted by molar-refractivity contribution is 5.91. The van der Waals surface area contributed by atoms with Crippen LogP contribution in [0.2, 0.25) is 0 Å². The summed E-state index contributed by atoms with van der Waals surface area (Å²) in [6.45, 7) is 3.41. The van der Waals surface area contributed by atoms with Crippen molar-refractivity contribution in [2.24, 2.45) is 0 Å². The molecule has 154 valence electrons. The third-order valence-corrected chi connectivity index (χ3v) is 4.81. The number of nitrogens with zero attached hydrogens (tertiary/aromatic N) is 2. The number of aryl methyl sites for hydroxylation is 2. The fourth-order valence-corrected chi connectivity index (χ4v) is 3.22. The molecule has 1 amide bonds. The molecule has 0 unspecified atom stereocenters. The standard InChI is InChI=1S/C23H23N3O4/c1-16-4-6-17(7-5-16)19-9-11-23(28)26(25-19)12-2-3-22(27)24-18-8-10-20-21(15-18)30-14-13-29-20/h4-11,15H,2-3,12-14H2,1H3,(H,24,27). The third-order valence-electron chi connectivity index (χ3n) is 4.81. The summed E-state index contributed by atoms with van der Waals surface area (Å²) in [5, 5.41) is 7.30. The molecule has 7 nitrogen and oxygen atoms in total. The van der Waals surface area contributed by atoms with Gasteiger partial charge < -0.3 is 14.8 Å². The Hall–Kier alpha value is -3.61. The monoisotopic (exact) mass is 405 g/mol. The number of carbonyl (C=O) groups is 1. The summed E-state index contributed by atoms with van der Waals surface area (Å²) in [7, 11) is 0. The number of aromatic nitrogens is 2. The Morgan fingerprint density at radius 2 is 1.80 bits per heavy atom. The highest BCUT2D eigenvalue weighted by atomic mass is 16.6. The van der Waals surface area contributed by atoms with Crippen LogP contribution >= 0.6 is 0 Å². The molecule has 0 saturated carbocycles. The quantitative estimate of drug-likeness (QED) is 0.680. The van der Waals surface area contributed by atoms with Gasteiger partial charge in [0.2, 0.25) is 5.91 Å². The van der Waals surface area contributed by atoms with Gasteiger partial charge in [-0.25, -0.2) is 4.68 Å². The number of hydrogen-bond donors (Lipinski definition) is 1. The molecular weight excluding hydrogens is 382 g/mol. The zero-order valence-corrected chi connectivity index (χ0v) is 16.8. The molecule has 1 N–H and O–H groups in total. The first-order valence-electron chi connectivity index (χ1n) is 9.93. The summed E-state index contributed by atoms with van der Waals surface area (Å²) in [5.74, 6) is 1.18. The van der Waals surface area contributed by atoms with E-state index in [2.05, 4.69) is 10.4 Å². The van der Waals surface area contributed by atoms with Crippen molar-refractivity contribution in [1.82, 2.24) is 9.78 Å². The van der Waals surface area contributed by atoms with Gasteiger partial charge in [0.1, 0.15) is 13.2 Å². The molecule has 0 fully saturated rings. The molecule has 1 aliphatic heterocycles. The lowest BCUT2D eigenvalue weighted by molar-refractivity contribution is -0.116. The number of nitrogens with one attached hydrogen (secondary N) is 1. The van der Waals surface area contributed by atoms with Gasteiger partial charge in [-0.1, -0.05) is 29.8 Å². The molecule has 0 aliphatic carbocycles. The van der Waals surface area contributed by atoms with Gasteiger partial charge in [0.05, 0.1) is 5.69 Å². The third kappa shape index (κ3) is 4.68. The van der Waals surface area contributed by atoms with Gasteiger partial charge in [0.25, 0.3) is 5.56 Å². The molecule has 0 bridgehead atoms. The van der Waals surface area contributed by atoms with Crippen LogP contribution < -0.4 is 20.3 Å². The van der Waals surface area contributed by atoms with Crippen LogP contribution in [0.3, 0.4) is 0 Å². The average Bonchev–Trinajstić information content (AvgIpc) is 2.75. The van der Waals surface area contributed by atoms with Gasteiger partial charge in [0.15, 0.2) is 11.5 Å². The summed E-state index contributed by atoms with van der Waals surface area (Å²) in [6, 6.07) is 16.5. The van der Waals surface area contributed by atoms with Crippen molar-refractivity contribution in [2.75, 3.05) is 18.5 Å². The van der Waals surface area contributed by atoms with E-state index in [4.69, 9.17) is 9.47 Å². The van der Waals surface area contributed by atoms with E-state index in [1.54, 1.807) is 24.3 Å². The van der Waals surface area contributed by atoms with Crippen molar-refractivity contribution in [1.29, 1.82) is 0 Å². The predicted molar refractivity (Wildman–Crippen MR) is 114 cm³/mol. The molecular formula is C23H23N3O4. The molecule has 0 radical (unpaired) electrons. The lowest BCUT2D eigenvalue weighted by Gasteiger charge is -2.19. The van der Waals surface area contributed by atoms with Crippen LogP contribution in [0.4, 0.5) is 5.69 Å². The van der Waals surface area contributed by atoms with Gasteiger partial charge in [-0.05, 0) is 31.5 Å². The fraction of sp³-hybridized carbons (Fsp3) is 0.261. The number of fused-ring (bicyclic) bond motifs is 1. The van der Waals surface area contributed by atoms with E-state index >= 15 is 0 Å². The largest absolute Gasteiger partial charge is 0.486 e. The van der Waals surface area contributed by atoms with Crippen molar-refractivity contribution in [3.05, 3.63) is 70.5 Å². The van der Waals surface area contributed by atoms with Crippen LogP contribution in [0.25, 0.3) is 11.3 Å². The maximum atomic E-state index is 12.3. The zero-order valence-electron chi connectivity index (χ0n) is 16.8. The van der Waals surface area contributed by atoms with E-state index in [0.717, 1.165) is 16.8 Å². The smallest absolute Gasteiger partial charge is 0.266 e. The molecule has 1 aliphatic rings. The second-order valence-electron chi connectivity index (χ2n) is 7.16. The Balaban J connectivity index is 1.34. The number of anilines is 1. The van der Waals surface area contributed by atoms with Gasteiger partial charge in [-0.3, -0.25) is 9.59 Å². The molecule has 7 heteroatoms. The summed E-state index contributed by atoms with van der Waals surface area (Å²) < 4.78 is 12.4. The summed E-state index contributed by atoms with van der Waals surface area (Å²) in [5.41, 5.74) is 3.32. The molecule has 30 heavy (non-hydrogen) atoms. The average molecular weight is 405 g/mol. The highest BCUT2D eigenvalue weighted by Crippen LogP contribution is 2.32. The first kappa shape index (κ1) is 19.7. The minimum atomic E-state index is -0.182. The summed E-state index contributed by atoms with van der Waals surface area (Å²) >= 11 is 0. The van der Waals surface area contributed by atoms with Crippen molar-refractivity contribution in [3.63, 3.8) is 0 Å². The highest BCUT2D eigenvalue weighted by Gasteiger charge is 2.13. The second-order valence-corrected chi connectivity index (χ2v) is 7.16. The van der Waals surface area contributed by atoms with Crippen LogP contribution in [0.5, 0.6) is 11.5 Å². The van der Waals surface area contributed by atoms with Gasteiger partial charge >= 0.3 is 0 Å². The normalized spacial score (nSPS) is 12.4. The molecule has 0 atom stereocenters. The molecule has 0 spiro atoms. The number of hydrogen-bond acceptors (Lipinski definition) is 5. The van der Waals surface area contributed by atoms with E-state index in [-0.39, 0.29) is 17.9 Å². The number of carbonyl (C=O) groups excluding carboxylic acids is 1. The maximum Gasteiger partial charge on any atom is 0.266 e. The van der Waals surface area contributed by atoms with Crippen molar-refractivity contribution in [2.45, 2.75) is 26.3 Å². The van der Waals surface area contributed by atoms with E-state index in [9.17, 15) is 9.59 Å². The van der Waals surface area contributed by atoms with E-state index in [0.29, 0.717) is 43.4 Å². The SMILES string of the molecule is Cc1ccc(-c2ccc(=O)n(CCCC(=O)Nc3ccc4c(c3)OCCO4)n2)cc1. The predicted octanol–water partition coefficient (Wildman–Crippen LogP) is 3.41. The molecule has 3 aromatic rings. The number of rotatable bonds is 6. The Labute approximate surface area is 174 Å². The molecule has 1 aromatic heterocycles. The first-order chi connectivity index (χ1) is 14.6.